The molecule has 0 aliphatic heterocycles. The molecule has 0 spiro atoms. The van der Waals surface area contributed by atoms with Crippen LogP contribution in [0.2, 0.25) is 0 Å². The van der Waals surface area contributed by atoms with Gasteiger partial charge < -0.3 is 20.5 Å². The number of hydrogen-bond donors (Lipinski definition) is 2. The Morgan fingerprint density at radius 3 is 2.09 bits per heavy atom. The van der Waals surface area contributed by atoms with E-state index in [2.05, 4.69) is 10.1 Å². The van der Waals surface area contributed by atoms with Crippen LogP contribution in [0.15, 0.2) is 66.7 Å². The van der Waals surface area contributed by atoms with Crippen LogP contribution in [-0.2, 0) is 16.8 Å². The number of benzene rings is 3. The van der Waals surface area contributed by atoms with Crippen LogP contribution >= 0.6 is 0 Å². The van der Waals surface area contributed by atoms with Crippen molar-refractivity contribution in [2.24, 2.45) is 5.73 Å². The minimum Gasteiger partial charge on any atom is -0.488 e. The first-order chi connectivity index (χ1) is 19.9. The molecule has 43 heavy (non-hydrogen) atoms. The van der Waals surface area contributed by atoms with Crippen LogP contribution in [0.3, 0.4) is 0 Å². The molecule has 0 radical (unpaired) electrons. The highest BCUT2D eigenvalue weighted by atomic mass is 19.4. The first kappa shape index (κ1) is 33.6. The van der Waals surface area contributed by atoms with Crippen LogP contribution in [0.4, 0.5) is 39.5 Å². The van der Waals surface area contributed by atoms with Crippen molar-refractivity contribution in [3.05, 3.63) is 95.1 Å². The second-order valence-electron chi connectivity index (χ2n) is 9.87. The molecule has 14 heteroatoms. The summed E-state index contributed by atoms with van der Waals surface area (Å²) in [6.45, 7) is 3.06. The van der Waals surface area contributed by atoms with Gasteiger partial charge >= 0.3 is 18.7 Å². The Kier molecular flexibility index (Phi) is 10.3. The fourth-order valence-electron chi connectivity index (χ4n) is 4.37. The van der Waals surface area contributed by atoms with Gasteiger partial charge in [0.15, 0.2) is 11.6 Å². The molecule has 3 rings (SSSR count). The van der Waals surface area contributed by atoms with E-state index < -0.39 is 83.8 Å². The molecule has 0 heterocycles. The van der Waals surface area contributed by atoms with Gasteiger partial charge in [-0.05, 0) is 37.6 Å². The molecule has 0 saturated heterocycles. The maximum atomic E-state index is 15.9. The second kappa shape index (κ2) is 13.1. The molecule has 3 aromatic rings. The Morgan fingerprint density at radius 2 is 1.53 bits per heavy atom. The average Bonchev–Trinajstić information content (AvgIpc) is 2.88. The summed E-state index contributed by atoms with van der Waals surface area (Å²) >= 11 is 0. The monoisotopic (exact) mass is 622 g/mol. The van der Waals surface area contributed by atoms with E-state index >= 15 is 8.78 Å². The lowest BCUT2D eigenvalue weighted by Crippen LogP contribution is -2.55. The molecule has 3 N–H and O–H groups in total. The first-order valence-corrected chi connectivity index (χ1v) is 12.7. The quantitative estimate of drug-likeness (QED) is 0.216. The number of alkyl halides is 7. The molecule has 3 aromatic carbocycles. The number of para-hydroxylation sites is 1. The number of amides is 1. The van der Waals surface area contributed by atoms with Gasteiger partial charge in [0.25, 0.3) is 0 Å². The van der Waals surface area contributed by atoms with Crippen molar-refractivity contribution in [2.45, 2.75) is 63.1 Å². The summed E-state index contributed by atoms with van der Waals surface area (Å²) in [6.07, 6.45) is -17.0. The van der Waals surface area contributed by atoms with Crippen molar-refractivity contribution < 1.29 is 53.8 Å². The molecular weight excluding hydrogens is 595 g/mol. The first-order valence-electron chi connectivity index (χ1n) is 12.7. The van der Waals surface area contributed by atoms with Crippen LogP contribution in [0.25, 0.3) is 0 Å². The number of carbonyl (C=O) groups is 1. The SMILES string of the molecule is CC(C)Oc1c(F)cccc1C(Cc1ccccc1)(NC(=O)C(N)CC(F)(F)F)c1ccc(OC(F)(F)C(F)F)cc1F. The molecular formula is C29H27F9N2O3. The molecule has 0 bridgehead atoms. The van der Waals surface area contributed by atoms with Crippen LogP contribution < -0.4 is 20.5 Å². The van der Waals surface area contributed by atoms with E-state index in [-0.39, 0.29) is 5.56 Å². The van der Waals surface area contributed by atoms with E-state index in [9.17, 15) is 35.5 Å². The maximum Gasteiger partial charge on any atom is 0.461 e. The Balaban J connectivity index is 2.34. The number of ether oxygens (including phenoxy) is 2. The third-order valence-corrected chi connectivity index (χ3v) is 6.13. The van der Waals surface area contributed by atoms with Crippen LogP contribution in [0, 0.1) is 11.6 Å². The number of halogens is 9. The predicted molar refractivity (Wildman–Crippen MR) is 138 cm³/mol. The fraction of sp³-hybridized carbons (Fsp3) is 0.345. The number of carbonyl (C=O) groups excluding carboxylic acids is 1. The molecule has 234 valence electrons. The summed E-state index contributed by atoms with van der Waals surface area (Å²) in [5.41, 5.74) is 2.80. The molecule has 5 nitrogen and oxygen atoms in total. The zero-order valence-electron chi connectivity index (χ0n) is 22.7. The minimum absolute atomic E-state index is 0.261. The van der Waals surface area contributed by atoms with E-state index in [0.717, 1.165) is 12.1 Å². The van der Waals surface area contributed by atoms with Crippen molar-refractivity contribution in [3.63, 3.8) is 0 Å². The number of hydrogen-bond acceptors (Lipinski definition) is 4. The molecule has 1 amide bonds. The van der Waals surface area contributed by atoms with E-state index in [1.807, 2.05) is 0 Å². The van der Waals surface area contributed by atoms with Gasteiger partial charge in [-0.15, -0.1) is 0 Å². The predicted octanol–water partition coefficient (Wildman–Crippen LogP) is 6.87. The second-order valence-corrected chi connectivity index (χ2v) is 9.87. The Morgan fingerprint density at radius 1 is 0.884 bits per heavy atom. The van der Waals surface area contributed by atoms with Gasteiger partial charge in [0.05, 0.1) is 18.6 Å². The molecule has 2 unspecified atom stereocenters. The molecule has 0 saturated carbocycles. The van der Waals surface area contributed by atoms with Gasteiger partial charge in [0, 0.05) is 23.6 Å². The number of rotatable bonds is 12. The standard InChI is InChI=1S/C29H27F9N2O3/c1-16(2)42-24-20(9-6-10-21(24)30)27(14-17-7-4-3-5-8-17,40-25(41)23(39)15-28(34,35)36)19-12-11-18(13-22(19)31)43-29(37,38)26(32)33/h3-13,16,23,26H,14-15,39H2,1-2H3,(H,40,41). The summed E-state index contributed by atoms with van der Waals surface area (Å²) < 4.78 is 133. The number of nitrogens with two attached hydrogens (primary N) is 1. The lowest BCUT2D eigenvalue weighted by Gasteiger charge is -2.38. The summed E-state index contributed by atoms with van der Waals surface area (Å²) in [5.74, 6) is -5.34. The van der Waals surface area contributed by atoms with E-state index in [1.165, 1.54) is 38.1 Å². The maximum absolute atomic E-state index is 15.9. The van der Waals surface area contributed by atoms with Gasteiger partial charge in [-0.2, -0.15) is 30.7 Å². The Labute approximate surface area is 240 Å². The normalized spacial score (nSPS) is 14.4. The Bertz CT molecular complexity index is 1400. The summed E-state index contributed by atoms with van der Waals surface area (Å²) in [6, 6.07) is 10.8. The van der Waals surface area contributed by atoms with Gasteiger partial charge in [0.1, 0.15) is 17.1 Å². The highest BCUT2D eigenvalue weighted by molar-refractivity contribution is 5.83. The summed E-state index contributed by atoms with van der Waals surface area (Å²) in [4.78, 5) is 13.2. The van der Waals surface area contributed by atoms with E-state index in [0.29, 0.717) is 17.7 Å². The Hall–Kier alpha value is -3.94. The van der Waals surface area contributed by atoms with E-state index in [1.54, 1.807) is 18.2 Å². The van der Waals surface area contributed by atoms with Crippen LogP contribution in [-0.4, -0.2) is 36.8 Å². The molecule has 0 fully saturated rings. The lowest BCUT2D eigenvalue weighted by molar-refractivity contribution is -0.253. The van der Waals surface area contributed by atoms with Gasteiger partial charge in [-0.25, -0.2) is 8.78 Å². The highest BCUT2D eigenvalue weighted by Gasteiger charge is 2.46. The van der Waals surface area contributed by atoms with Crippen molar-refractivity contribution in [2.75, 3.05) is 0 Å². The summed E-state index contributed by atoms with van der Waals surface area (Å²) in [5, 5.41) is 2.34. The van der Waals surface area contributed by atoms with Crippen LogP contribution in [0.1, 0.15) is 37.0 Å². The zero-order valence-corrected chi connectivity index (χ0v) is 22.7. The van der Waals surface area contributed by atoms with Crippen molar-refractivity contribution in [1.29, 1.82) is 0 Å². The number of nitrogens with one attached hydrogen (secondary N) is 1. The minimum atomic E-state index is -4.99. The van der Waals surface area contributed by atoms with Crippen molar-refractivity contribution in [3.8, 4) is 11.5 Å². The molecule has 0 aromatic heterocycles. The highest BCUT2D eigenvalue weighted by Crippen LogP contribution is 2.43. The van der Waals surface area contributed by atoms with Gasteiger partial charge in [0.2, 0.25) is 5.91 Å². The third kappa shape index (κ3) is 8.33. The summed E-state index contributed by atoms with van der Waals surface area (Å²) in [7, 11) is 0. The molecule has 0 aliphatic carbocycles. The van der Waals surface area contributed by atoms with Crippen molar-refractivity contribution >= 4 is 5.91 Å². The smallest absolute Gasteiger partial charge is 0.461 e. The third-order valence-electron chi connectivity index (χ3n) is 6.13. The zero-order chi connectivity index (χ0) is 32.2. The average molecular weight is 623 g/mol. The van der Waals surface area contributed by atoms with E-state index in [4.69, 9.17) is 10.5 Å². The van der Waals surface area contributed by atoms with Gasteiger partial charge in [-0.3, -0.25) is 4.79 Å². The molecule has 0 aliphatic rings. The molecule has 2 atom stereocenters. The van der Waals surface area contributed by atoms with Crippen molar-refractivity contribution in [1.82, 2.24) is 5.32 Å². The fourth-order valence-corrected chi connectivity index (χ4v) is 4.37. The van der Waals surface area contributed by atoms with Gasteiger partial charge in [-0.1, -0.05) is 42.5 Å². The largest absolute Gasteiger partial charge is 0.488 e. The van der Waals surface area contributed by atoms with Crippen LogP contribution in [0.5, 0.6) is 11.5 Å². The lowest BCUT2D eigenvalue weighted by atomic mass is 9.76. The topological polar surface area (TPSA) is 73.6 Å².